The zero-order valence-corrected chi connectivity index (χ0v) is 16.8. The summed E-state index contributed by atoms with van der Waals surface area (Å²) in [6.07, 6.45) is 8.65. The Bertz CT molecular complexity index is 768. The van der Waals surface area contributed by atoms with E-state index in [2.05, 4.69) is 5.32 Å². The number of ether oxygens (including phenoxy) is 1. The van der Waals surface area contributed by atoms with Gasteiger partial charge in [-0.1, -0.05) is 25.7 Å². The van der Waals surface area contributed by atoms with Gasteiger partial charge in [0.25, 0.3) is 11.8 Å². The van der Waals surface area contributed by atoms with Crippen molar-refractivity contribution in [1.82, 2.24) is 14.9 Å². The lowest BCUT2D eigenvalue weighted by Crippen LogP contribution is -2.53. The smallest absolute Gasteiger partial charge is 0.274 e. The van der Waals surface area contributed by atoms with Crippen molar-refractivity contribution >= 4 is 11.8 Å². The van der Waals surface area contributed by atoms with E-state index in [9.17, 15) is 14.4 Å². The molecule has 1 aliphatic carbocycles. The molecule has 0 bridgehead atoms. The van der Waals surface area contributed by atoms with Gasteiger partial charge < -0.3 is 15.0 Å². The maximum Gasteiger partial charge on any atom is 0.274 e. The second-order valence-corrected chi connectivity index (χ2v) is 7.71. The Labute approximate surface area is 165 Å². The maximum atomic E-state index is 12.6. The molecular formula is C20H30N4O4. The Morgan fingerprint density at radius 2 is 1.93 bits per heavy atom. The van der Waals surface area contributed by atoms with Gasteiger partial charge in [-0.25, -0.2) is 0 Å². The molecule has 3 rings (SSSR count). The van der Waals surface area contributed by atoms with Crippen LogP contribution in [0.5, 0.6) is 0 Å². The number of carbonyl (C=O) groups excluding carboxylic acids is 2. The molecule has 0 saturated heterocycles. The molecule has 28 heavy (non-hydrogen) atoms. The SMILES string of the molecule is COCCN1CN(C)n2cc(C(=O)NCC3CCCCCC3)c(=O)cc2C1=O. The number of rotatable bonds is 6. The van der Waals surface area contributed by atoms with Crippen LogP contribution in [0.1, 0.15) is 59.4 Å². The first-order chi connectivity index (χ1) is 13.5. The summed E-state index contributed by atoms with van der Waals surface area (Å²) in [7, 11) is 3.39. The molecule has 8 heteroatoms. The van der Waals surface area contributed by atoms with Crippen LogP contribution in [0.2, 0.25) is 0 Å². The van der Waals surface area contributed by atoms with Gasteiger partial charge in [-0.15, -0.1) is 0 Å². The second kappa shape index (κ2) is 9.23. The van der Waals surface area contributed by atoms with E-state index >= 15 is 0 Å². The molecule has 0 spiro atoms. The van der Waals surface area contributed by atoms with Gasteiger partial charge in [0.1, 0.15) is 17.9 Å². The van der Waals surface area contributed by atoms with Gasteiger partial charge in [0.15, 0.2) is 5.43 Å². The number of amides is 2. The molecule has 1 fully saturated rings. The highest BCUT2D eigenvalue weighted by Gasteiger charge is 2.28. The largest absolute Gasteiger partial charge is 0.383 e. The van der Waals surface area contributed by atoms with Gasteiger partial charge in [0.2, 0.25) is 0 Å². The summed E-state index contributed by atoms with van der Waals surface area (Å²) >= 11 is 0. The van der Waals surface area contributed by atoms with E-state index in [1.54, 1.807) is 21.7 Å². The van der Waals surface area contributed by atoms with Gasteiger partial charge >= 0.3 is 0 Å². The molecule has 1 aromatic rings. The van der Waals surface area contributed by atoms with Crippen LogP contribution in [0.3, 0.4) is 0 Å². The van der Waals surface area contributed by atoms with Crippen LogP contribution in [-0.4, -0.2) is 61.9 Å². The van der Waals surface area contributed by atoms with Crippen molar-refractivity contribution in [3.05, 3.63) is 33.7 Å². The predicted molar refractivity (Wildman–Crippen MR) is 106 cm³/mol. The molecule has 2 heterocycles. The molecule has 1 saturated carbocycles. The van der Waals surface area contributed by atoms with Gasteiger partial charge in [-0.3, -0.25) is 24.1 Å². The standard InChI is InChI=1S/C20H30N4O4/c1-22-14-23(9-10-28-2)20(27)17-11-18(25)16(13-24(17)22)19(26)21-12-15-7-5-3-4-6-8-15/h11,13,15H,3-10,12,14H2,1-2H3,(H,21,26). The Morgan fingerprint density at radius 3 is 2.61 bits per heavy atom. The Balaban J connectivity index is 1.73. The highest BCUT2D eigenvalue weighted by Crippen LogP contribution is 2.22. The molecule has 1 N–H and O–H groups in total. The van der Waals surface area contributed by atoms with Crippen molar-refractivity contribution in [1.29, 1.82) is 0 Å². The fourth-order valence-corrected chi connectivity index (χ4v) is 3.95. The number of hydrogen-bond acceptors (Lipinski definition) is 5. The second-order valence-electron chi connectivity index (χ2n) is 7.71. The van der Waals surface area contributed by atoms with Crippen LogP contribution in [0.4, 0.5) is 0 Å². The summed E-state index contributed by atoms with van der Waals surface area (Å²) < 4.78 is 6.63. The minimum absolute atomic E-state index is 0.0716. The van der Waals surface area contributed by atoms with Gasteiger partial charge in [0, 0.05) is 39.5 Å². The minimum atomic E-state index is -0.431. The van der Waals surface area contributed by atoms with E-state index in [4.69, 9.17) is 4.74 Å². The summed E-state index contributed by atoms with van der Waals surface area (Å²) in [4.78, 5) is 39.4. The number of nitrogens with zero attached hydrogens (tertiary/aromatic N) is 3. The minimum Gasteiger partial charge on any atom is -0.383 e. The summed E-state index contributed by atoms with van der Waals surface area (Å²) in [5.74, 6) is -0.129. The molecule has 0 atom stereocenters. The van der Waals surface area contributed by atoms with Crippen molar-refractivity contribution in [2.24, 2.45) is 5.92 Å². The summed E-state index contributed by atoms with van der Waals surface area (Å²) in [6, 6.07) is 1.26. The summed E-state index contributed by atoms with van der Waals surface area (Å²) in [6.45, 7) is 1.82. The van der Waals surface area contributed by atoms with E-state index in [-0.39, 0.29) is 23.1 Å². The first kappa shape index (κ1) is 20.4. The van der Waals surface area contributed by atoms with Crippen LogP contribution in [-0.2, 0) is 4.74 Å². The molecule has 0 aromatic carbocycles. The van der Waals surface area contributed by atoms with Crippen LogP contribution < -0.4 is 15.8 Å². The van der Waals surface area contributed by atoms with E-state index < -0.39 is 5.43 Å². The first-order valence-electron chi connectivity index (χ1n) is 10.1. The Kier molecular flexibility index (Phi) is 6.72. The lowest BCUT2D eigenvalue weighted by molar-refractivity contribution is 0.0634. The van der Waals surface area contributed by atoms with Crippen LogP contribution in [0, 0.1) is 5.92 Å². The average Bonchev–Trinajstić information content (AvgIpc) is 2.96. The lowest BCUT2D eigenvalue weighted by atomic mass is 10.0. The van der Waals surface area contributed by atoms with Gasteiger partial charge in [-0.2, -0.15) is 0 Å². The quantitative estimate of drug-likeness (QED) is 0.738. The fourth-order valence-electron chi connectivity index (χ4n) is 3.95. The number of fused-ring (bicyclic) bond motifs is 1. The van der Waals surface area contributed by atoms with E-state index in [0.29, 0.717) is 32.3 Å². The number of pyridine rings is 1. The monoisotopic (exact) mass is 390 g/mol. The summed E-state index contributed by atoms with van der Waals surface area (Å²) in [5.41, 5.74) is -0.0995. The number of aromatic nitrogens is 1. The van der Waals surface area contributed by atoms with E-state index in [1.807, 2.05) is 7.05 Å². The maximum absolute atomic E-state index is 12.6. The zero-order valence-electron chi connectivity index (χ0n) is 16.8. The molecule has 0 radical (unpaired) electrons. The zero-order chi connectivity index (χ0) is 20.1. The van der Waals surface area contributed by atoms with Crippen LogP contribution >= 0.6 is 0 Å². The molecule has 1 aliphatic heterocycles. The highest BCUT2D eigenvalue weighted by molar-refractivity contribution is 5.97. The number of carbonyl (C=O) groups is 2. The van der Waals surface area contributed by atoms with Crippen LogP contribution in [0.15, 0.2) is 17.1 Å². The lowest BCUT2D eigenvalue weighted by Gasteiger charge is -2.37. The fraction of sp³-hybridized carbons (Fsp3) is 0.650. The predicted octanol–water partition coefficient (Wildman–Crippen LogP) is 1.18. The van der Waals surface area contributed by atoms with Gasteiger partial charge in [0.05, 0.1) is 6.61 Å². The highest BCUT2D eigenvalue weighted by atomic mass is 16.5. The van der Waals surface area contributed by atoms with Crippen LogP contribution in [0.25, 0.3) is 0 Å². The summed E-state index contributed by atoms with van der Waals surface area (Å²) in [5, 5.41) is 4.72. The first-order valence-corrected chi connectivity index (χ1v) is 10.1. The third-order valence-corrected chi connectivity index (χ3v) is 5.62. The third kappa shape index (κ3) is 4.55. The van der Waals surface area contributed by atoms with E-state index in [0.717, 1.165) is 12.8 Å². The average molecular weight is 390 g/mol. The van der Waals surface area contributed by atoms with Crippen molar-refractivity contribution in [2.75, 3.05) is 45.5 Å². The molecule has 1 aromatic heterocycles. The van der Waals surface area contributed by atoms with E-state index in [1.165, 1.54) is 37.9 Å². The molecule has 154 valence electrons. The normalized spacial score (nSPS) is 18.0. The molecule has 2 aliphatic rings. The molecule has 0 unspecified atom stereocenters. The Hall–Kier alpha value is -2.35. The van der Waals surface area contributed by atoms with Crippen molar-refractivity contribution in [2.45, 2.75) is 38.5 Å². The molecule has 8 nitrogen and oxygen atoms in total. The molecular weight excluding hydrogens is 360 g/mol. The number of nitrogens with one attached hydrogen (secondary N) is 1. The third-order valence-electron chi connectivity index (χ3n) is 5.62. The number of hydrogen-bond donors (Lipinski definition) is 1. The van der Waals surface area contributed by atoms with Crippen molar-refractivity contribution < 1.29 is 14.3 Å². The van der Waals surface area contributed by atoms with Crippen molar-refractivity contribution in [3.63, 3.8) is 0 Å². The topological polar surface area (TPSA) is 83.9 Å². The Morgan fingerprint density at radius 1 is 1.21 bits per heavy atom. The van der Waals surface area contributed by atoms with Gasteiger partial charge in [-0.05, 0) is 18.8 Å². The molecule has 2 amide bonds. The number of methoxy groups -OCH3 is 1. The van der Waals surface area contributed by atoms with Crippen molar-refractivity contribution in [3.8, 4) is 0 Å².